The van der Waals surface area contributed by atoms with Crippen LogP contribution in [0, 0.1) is 13.8 Å². The summed E-state index contributed by atoms with van der Waals surface area (Å²) in [5.74, 6) is 1.45. The molecule has 3 nitrogen and oxygen atoms in total. The van der Waals surface area contributed by atoms with Crippen LogP contribution in [0.3, 0.4) is 0 Å². The van der Waals surface area contributed by atoms with Crippen molar-refractivity contribution in [3.05, 3.63) is 45.3 Å². The number of anilines is 2. The van der Waals surface area contributed by atoms with Gasteiger partial charge in [0.05, 0.1) is 10.7 Å². The minimum atomic E-state index is 0.481. The van der Waals surface area contributed by atoms with Crippen molar-refractivity contribution in [3.63, 3.8) is 0 Å². The highest BCUT2D eigenvalue weighted by Crippen LogP contribution is 2.28. The average molecular weight is 310 g/mol. The van der Waals surface area contributed by atoms with Crippen molar-refractivity contribution in [1.82, 2.24) is 9.97 Å². The predicted octanol–water partition coefficient (Wildman–Crippen LogP) is 5.10. The first-order chi connectivity index (χ1) is 9.51. The molecule has 0 aliphatic carbocycles. The van der Waals surface area contributed by atoms with Crippen LogP contribution >= 0.6 is 23.2 Å². The van der Waals surface area contributed by atoms with Crippen LogP contribution in [0.4, 0.5) is 11.5 Å². The Hall–Kier alpha value is -1.32. The molecule has 0 atom stereocenters. The van der Waals surface area contributed by atoms with E-state index in [-0.39, 0.29) is 0 Å². The molecule has 0 bridgehead atoms. The Kier molecular flexibility index (Phi) is 4.84. The van der Waals surface area contributed by atoms with Crippen molar-refractivity contribution in [2.45, 2.75) is 33.6 Å². The zero-order valence-corrected chi connectivity index (χ0v) is 13.3. The second-order valence-electron chi connectivity index (χ2n) is 4.76. The third-order valence-electron chi connectivity index (χ3n) is 2.98. The van der Waals surface area contributed by atoms with Crippen LogP contribution in [0.5, 0.6) is 0 Å². The van der Waals surface area contributed by atoms with E-state index in [0.717, 1.165) is 35.5 Å². The summed E-state index contributed by atoms with van der Waals surface area (Å²) in [6.07, 6.45) is 1.78. The Morgan fingerprint density at radius 2 is 1.90 bits per heavy atom. The minimum absolute atomic E-state index is 0.481. The van der Waals surface area contributed by atoms with Gasteiger partial charge in [-0.1, -0.05) is 36.2 Å². The first-order valence-corrected chi connectivity index (χ1v) is 7.33. The fraction of sp³-hybridized carbons (Fsp3) is 0.333. The lowest BCUT2D eigenvalue weighted by Gasteiger charge is -2.12. The number of rotatable bonds is 4. The number of nitrogens with zero attached hydrogens (tertiary/aromatic N) is 2. The lowest BCUT2D eigenvalue weighted by Crippen LogP contribution is -2.04. The lowest BCUT2D eigenvalue weighted by molar-refractivity contribution is 0.833. The van der Waals surface area contributed by atoms with E-state index in [1.807, 2.05) is 32.0 Å². The highest BCUT2D eigenvalue weighted by atomic mass is 35.5. The van der Waals surface area contributed by atoms with Crippen molar-refractivity contribution >= 4 is 34.7 Å². The second-order valence-corrected chi connectivity index (χ2v) is 5.53. The van der Waals surface area contributed by atoms with E-state index in [0.29, 0.717) is 16.0 Å². The molecule has 106 valence electrons. The summed E-state index contributed by atoms with van der Waals surface area (Å²) in [6.45, 7) is 5.98. The topological polar surface area (TPSA) is 37.8 Å². The monoisotopic (exact) mass is 309 g/mol. The molecule has 0 saturated heterocycles. The van der Waals surface area contributed by atoms with E-state index < -0.39 is 0 Å². The van der Waals surface area contributed by atoms with Gasteiger partial charge in [-0.3, -0.25) is 0 Å². The van der Waals surface area contributed by atoms with E-state index in [4.69, 9.17) is 23.2 Å². The molecule has 5 heteroatoms. The maximum Gasteiger partial charge on any atom is 0.138 e. The lowest BCUT2D eigenvalue weighted by atomic mass is 10.2. The van der Waals surface area contributed by atoms with Gasteiger partial charge in [0.2, 0.25) is 0 Å². The van der Waals surface area contributed by atoms with Crippen LogP contribution in [-0.4, -0.2) is 9.97 Å². The van der Waals surface area contributed by atoms with E-state index in [9.17, 15) is 0 Å². The van der Waals surface area contributed by atoms with Crippen LogP contribution in [0.1, 0.15) is 30.3 Å². The summed E-state index contributed by atoms with van der Waals surface area (Å²) < 4.78 is 0. The van der Waals surface area contributed by atoms with Crippen molar-refractivity contribution in [3.8, 4) is 0 Å². The van der Waals surface area contributed by atoms with E-state index >= 15 is 0 Å². The number of aryl methyl sites for hydroxylation is 2. The summed E-state index contributed by atoms with van der Waals surface area (Å²) >= 11 is 12.4. The highest BCUT2D eigenvalue weighted by molar-refractivity contribution is 6.33. The number of aromatic nitrogens is 2. The quantitative estimate of drug-likeness (QED) is 0.799. The molecule has 1 N–H and O–H groups in total. The SMILES string of the molecule is CCCc1nc(Cl)c(C)c(Nc2ccc(C)cc2Cl)n1. The molecule has 0 amide bonds. The molecule has 1 heterocycles. The predicted molar refractivity (Wildman–Crippen MR) is 85.2 cm³/mol. The maximum atomic E-state index is 6.23. The van der Waals surface area contributed by atoms with Gasteiger partial charge in [-0.25, -0.2) is 9.97 Å². The molecule has 1 aromatic heterocycles. The third kappa shape index (κ3) is 3.41. The van der Waals surface area contributed by atoms with Crippen LogP contribution in [0.25, 0.3) is 0 Å². The molecule has 0 radical (unpaired) electrons. The number of nitrogens with one attached hydrogen (secondary N) is 1. The molecule has 0 aliphatic heterocycles. The fourth-order valence-corrected chi connectivity index (χ4v) is 2.31. The maximum absolute atomic E-state index is 6.23. The molecular weight excluding hydrogens is 293 g/mol. The second kappa shape index (κ2) is 6.42. The normalized spacial score (nSPS) is 10.7. The molecule has 2 rings (SSSR count). The number of hydrogen-bond donors (Lipinski definition) is 1. The number of hydrogen-bond acceptors (Lipinski definition) is 3. The zero-order chi connectivity index (χ0) is 14.7. The fourth-order valence-electron chi connectivity index (χ4n) is 1.84. The summed E-state index contributed by atoms with van der Waals surface area (Å²) in [6, 6.07) is 5.85. The van der Waals surface area contributed by atoms with Gasteiger partial charge in [-0.2, -0.15) is 0 Å². The van der Waals surface area contributed by atoms with Gasteiger partial charge in [-0.15, -0.1) is 0 Å². The molecule has 0 unspecified atom stereocenters. The van der Waals surface area contributed by atoms with Gasteiger partial charge in [0.1, 0.15) is 16.8 Å². The minimum Gasteiger partial charge on any atom is -0.339 e. The van der Waals surface area contributed by atoms with E-state index in [1.54, 1.807) is 0 Å². The highest BCUT2D eigenvalue weighted by Gasteiger charge is 2.10. The Labute approximate surface area is 129 Å². The van der Waals surface area contributed by atoms with Gasteiger partial charge in [-0.05, 0) is 38.0 Å². The Bertz CT molecular complexity index is 627. The molecule has 20 heavy (non-hydrogen) atoms. The molecule has 2 aromatic rings. The van der Waals surface area contributed by atoms with Gasteiger partial charge >= 0.3 is 0 Å². The largest absolute Gasteiger partial charge is 0.339 e. The first-order valence-electron chi connectivity index (χ1n) is 6.57. The average Bonchev–Trinajstić information content (AvgIpc) is 2.39. The number of halogens is 2. The molecule has 0 saturated carbocycles. The van der Waals surface area contributed by atoms with Crippen LogP contribution < -0.4 is 5.32 Å². The van der Waals surface area contributed by atoms with Crippen LogP contribution in [0.15, 0.2) is 18.2 Å². The van der Waals surface area contributed by atoms with E-state index in [1.165, 1.54) is 0 Å². The van der Waals surface area contributed by atoms with E-state index in [2.05, 4.69) is 22.2 Å². The van der Waals surface area contributed by atoms with Crippen molar-refractivity contribution < 1.29 is 0 Å². The van der Waals surface area contributed by atoms with Gasteiger partial charge < -0.3 is 5.32 Å². The summed E-state index contributed by atoms with van der Waals surface area (Å²) in [7, 11) is 0. The van der Waals surface area contributed by atoms with Crippen molar-refractivity contribution in [2.24, 2.45) is 0 Å². The summed E-state index contributed by atoms with van der Waals surface area (Å²) in [5.41, 5.74) is 2.76. The standard InChI is InChI=1S/C15H17Cl2N3/c1-4-5-13-19-14(17)10(3)15(20-13)18-12-7-6-9(2)8-11(12)16/h6-8H,4-5H2,1-3H3,(H,18,19,20). The summed E-state index contributed by atoms with van der Waals surface area (Å²) in [4.78, 5) is 8.80. The molecule has 0 aliphatic rings. The van der Waals surface area contributed by atoms with Crippen molar-refractivity contribution in [2.75, 3.05) is 5.32 Å². The zero-order valence-electron chi connectivity index (χ0n) is 11.8. The first kappa shape index (κ1) is 15.1. The molecule has 0 spiro atoms. The third-order valence-corrected chi connectivity index (χ3v) is 3.66. The summed E-state index contributed by atoms with van der Waals surface area (Å²) in [5, 5.41) is 4.38. The van der Waals surface area contributed by atoms with Crippen LogP contribution in [-0.2, 0) is 6.42 Å². The Morgan fingerprint density at radius 1 is 1.15 bits per heavy atom. The van der Waals surface area contributed by atoms with Gasteiger partial charge in [0.25, 0.3) is 0 Å². The van der Waals surface area contributed by atoms with Gasteiger partial charge in [0, 0.05) is 12.0 Å². The van der Waals surface area contributed by atoms with Crippen LogP contribution in [0.2, 0.25) is 10.2 Å². The smallest absolute Gasteiger partial charge is 0.138 e. The molecular formula is C15H17Cl2N3. The molecule has 1 aromatic carbocycles. The Balaban J connectivity index is 2.37. The molecule has 0 fully saturated rings. The number of benzene rings is 1. The Morgan fingerprint density at radius 3 is 2.55 bits per heavy atom. The van der Waals surface area contributed by atoms with Crippen molar-refractivity contribution in [1.29, 1.82) is 0 Å². The van der Waals surface area contributed by atoms with Gasteiger partial charge in [0.15, 0.2) is 0 Å².